The van der Waals surface area contributed by atoms with E-state index in [1.807, 2.05) is 42.5 Å². The van der Waals surface area contributed by atoms with Crippen LogP contribution in [-0.4, -0.2) is 11.1 Å². The van der Waals surface area contributed by atoms with Crippen molar-refractivity contribution in [3.63, 3.8) is 0 Å². The average Bonchev–Trinajstić information content (AvgIpc) is 2.58. The Hall–Kier alpha value is -1.68. The summed E-state index contributed by atoms with van der Waals surface area (Å²) in [6, 6.07) is 16.6. The molecule has 5 heteroatoms. The number of halogens is 2. The molecule has 0 radical (unpaired) electrons. The van der Waals surface area contributed by atoms with Crippen LogP contribution >= 0.6 is 23.2 Å². The minimum absolute atomic E-state index is 0.110. The molecule has 0 heterocycles. The molecule has 0 aromatic heterocycles. The number of benzene rings is 2. The van der Waals surface area contributed by atoms with Crippen molar-refractivity contribution in [2.45, 2.75) is 32.2 Å². The number of carboxylic acids is 1. The van der Waals surface area contributed by atoms with E-state index in [1.54, 1.807) is 19.1 Å². The van der Waals surface area contributed by atoms with Crippen molar-refractivity contribution in [2.75, 3.05) is 0 Å². The van der Waals surface area contributed by atoms with E-state index in [0.717, 1.165) is 10.6 Å². The molecule has 1 unspecified atom stereocenters. The van der Waals surface area contributed by atoms with Gasteiger partial charge in [0.2, 0.25) is 0 Å². The van der Waals surface area contributed by atoms with Crippen molar-refractivity contribution in [3.05, 3.63) is 77.1 Å². The Bertz CT molecular complexity index is 559. The summed E-state index contributed by atoms with van der Waals surface area (Å²) in [6.45, 7) is 5.00. The maximum absolute atomic E-state index is 10.3. The Morgan fingerprint density at radius 2 is 1.54 bits per heavy atom. The minimum Gasteiger partial charge on any atom is -0.481 e. The van der Waals surface area contributed by atoms with Crippen molar-refractivity contribution in [3.8, 4) is 0 Å². The van der Waals surface area contributed by atoms with Crippen molar-refractivity contribution < 1.29 is 9.90 Å². The molecule has 2 rings (SSSR count). The first kappa shape index (κ1) is 22.3. The van der Waals surface area contributed by atoms with Gasteiger partial charge in [-0.2, -0.15) is 0 Å². The van der Waals surface area contributed by atoms with E-state index in [2.05, 4.69) is 6.92 Å². The fraction of sp³-hybridized carbons (Fsp3) is 0.263. The monoisotopic (exact) mass is 368 g/mol. The molecule has 0 spiro atoms. The highest BCUT2D eigenvalue weighted by Crippen LogP contribution is 2.18. The zero-order chi connectivity index (χ0) is 18.4. The number of hydrogen-bond acceptors (Lipinski definition) is 2. The Morgan fingerprint density at radius 3 is 1.96 bits per heavy atom. The number of nitrogens with two attached hydrogens (primary N) is 1. The summed E-state index contributed by atoms with van der Waals surface area (Å²) in [5.41, 5.74) is 6.89. The van der Waals surface area contributed by atoms with Crippen LogP contribution in [0.15, 0.2) is 54.6 Å². The molecule has 3 N–H and O–H groups in total. The molecular weight excluding hydrogens is 345 g/mol. The molecule has 1 atom stereocenters. The molecule has 2 aromatic carbocycles. The third kappa shape index (κ3) is 10.9. The second-order valence-electron chi connectivity index (χ2n) is 4.74. The lowest BCUT2D eigenvalue weighted by molar-refractivity contribution is -0.137. The quantitative estimate of drug-likeness (QED) is 0.657. The van der Waals surface area contributed by atoms with Gasteiger partial charge < -0.3 is 10.8 Å². The van der Waals surface area contributed by atoms with Crippen molar-refractivity contribution in [2.24, 2.45) is 5.73 Å². The number of carbonyl (C=O) groups is 1. The van der Waals surface area contributed by atoms with Crippen LogP contribution in [0.2, 0.25) is 10.0 Å². The van der Waals surface area contributed by atoms with Gasteiger partial charge >= 0.3 is 5.97 Å². The Labute approximate surface area is 154 Å². The third-order valence-electron chi connectivity index (χ3n) is 2.94. The van der Waals surface area contributed by atoms with Gasteiger partial charge in [0.05, 0.1) is 13.8 Å². The first-order valence-electron chi connectivity index (χ1n) is 7.63. The molecule has 3 nitrogen and oxygen atoms in total. The zero-order valence-electron chi connectivity index (χ0n) is 13.8. The van der Waals surface area contributed by atoms with Gasteiger partial charge in [0.25, 0.3) is 0 Å². The Kier molecular flexibility index (Phi) is 12.8. The molecule has 0 fully saturated rings. The molecule has 0 saturated heterocycles. The Balaban J connectivity index is 0.000000488. The summed E-state index contributed by atoms with van der Waals surface area (Å²) >= 11 is 11.3. The Morgan fingerprint density at radius 1 is 1.04 bits per heavy atom. The molecular formula is C19H24Cl2NO2+. The second-order valence-corrected chi connectivity index (χ2v) is 5.61. The van der Waals surface area contributed by atoms with Gasteiger partial charge in [0.1, 0.15) is 0 Å². The van der Waals surface area contributed by atoms with Crippen LogP contribution in [0.4, 0.5) is 0 Å². The van der Waals surface area contributed by atoms with Crippen LogP contribution in [0.1, 0.15) is 37.8 Å². The zero-order valence-corrected chi connectivity index (χ0v) is 15.3. The minimum atomic E-state index is -0.779. The first-order valence-corrected chi connectivity index (χ1v) is 8.38. The van der Waals surface area contributed by atoms with E-state index in [4.69, 9.17) is 34.0 Å². The lowest BCUT2D eigenvalue weighted by Crippen LogP contribution is -2.10. The van der Waals surface area contributed by atoms with E-state index in [9.17, 15) is 4.79 Å². The van der Waals surface area contributed by atoms with Crippen LogP contribution in [0.5, 0.6) is 0 Å². The molecule has 0 saturated carbocycles. The normalized spacial score (nSPS) is 10.5. The number of rotatable bonds is 5. The number of hydrogen-bond donors (Lipinski definition) is 2. The fourth-order valence-electron chi connectivity index (χ4n) is 1.76. The molecule has 0 bridgehead atoms. The summed E-state index contributed by atoms with van der Waals surface area (Å²) < 4.78 is 0. The van der Waals surface area contributed by atoms with E-state index >= 15 is 0 Å². The molecule has 0 amide bonds. The molecule has 130 valence electrons. The summed E-state index contributed by atoms with van der Waals surface area (Å²) in [5, 5.41) is 9.95. The SMILES string of the molecule is Clc1ccccc1.NC(CCCC(=O)O)c1ccc(Cl)cc1.[CH2+]C. The molecule has 0 aliphatic heterocycles. The standard InChI is InChI=1S/C11H14ClNO2.C6H5Cl.C2H5/c12-9-6-4-8(5-7-9)10(13)2-1-3-11(14)15;7-6-4-2-1-3-5-6;1-2/h4-7,10H,1-3,13H2,(H,14,15);1-5H;1H2,2H3/q;;+1. The lowest BCUT2D eigenvalue weighted by atomic mass is 10.0. The van der Waals surface area contributed by atoms with Gasteiger partial charge in [-0.05, 0) is 42.7 Å². The van der Waals surface area contributed by atoms with Crippen LogP contribution in [-0.2, 0) is 4.79 Å². The lowest BCUT2D eigenvalue weighted by Gasteiger charge is -2.10. The van der Waals surface area contributed by atoms with Gasteiger partial charge in [-0.1, -0.05) is 53.5 Å². The maximum Gasteiger partial charge on any atom is 0.303 e. The van der Waals surface area contributed by atoms with Crippen LogP contribution < -0.4 is 5.73 Å². The maximum atomic E-state index is 10.3. The first-order chi connectivity index (χ1) is 11.5. The molecule has 24 heavy (non-hydrogen) atoms. The van der Waals surface area contributed by atoms with E-state index < -0.39 is 5.97 Å². The predicted octanol–water partition coefficient (Wildman–Crippen LogP) is 5.78. The van der Waals surface area contributed by atoms with Crippen LogP contribution in [0, 0.1) is 6.92 Å². The largest absolute Gasteiger partial charge is 0.481 e. The van der Waals surface area contributed by atoms with Gasteiger partial charge in [-0.25, -0.2) is 0 Å². The van der Waals surface area contributed by atoms with E-state index in [0.29, 0.717) is 17.9 Å². The summed E-state index contributed by atoms with van der Waals surface area (Å²) in [7, 11) is 0. The topological polar surface area (TPSA) is 63.3 Å². The number of carboxylic acid groups (broad SMARTS) is 1. The summed E-state index contributed by atoms with van der Waals surface area (Å²) in [6.07, 6.45) is 1.44. The highest BCUT2D eigenvalue weighted by Gasteiger charge is 2.06. The van der Waals surface area contributed by atoms with Crippen molar-refractivity contribution in [1.29, 1.82) is 0 Å². The fourth-order valence-corrected chi connectivity index (χ4v) is 2.04. The molecule has 0 aliphatic carbocycles. The van der Waals surface area contributed by atoms with Crippen LogP contribution in [0.25, 0.3) is 0 Å². The summed E-state index contributed by atoms with van der Waals surface area (Å²) in [5.74, 6) is -0.779. The molecule has 0 aliphatic rings. The van der Waals surface area contributed by atoms with Gasteiger partial charge in [-0.3, -0.25) is 4.79 Å². The average molecular weight is 369 g/mol. The predicted molar refractivity (Wildman–Crippen MR) is 102 cm³/mol. The van der Waals surface area contributed by atoms with E-state index in [-0.39, 0.29) is 12.5 Å². The van der Waals surface area contributed by atoms with Crippen molar-refractivity contribution in [1.82, 2.24) is 0 Å². The van der Waals surface area contributed by atoms with E-state index in [1.165, 1.54) is 0 Å². The smallest absolute Gasteiger partial charge is 0.303 e. The van der Waals surface area contributed by atoms with Gasteiger partial charge in [0, 0.05) is 22.5 Å². The summed E-state index contributed by atoms with van der Waals surface area (Å²) in [4.78, 5) is 10.3. The highest BCUT2D eigenvalue weighted by atomic mass is 35.5. The second kappa shape index (κ2) is 13.7. The molecule has 2 aromatic rings. The third-order valence-corrected chi connectivity index (χ3v) is 3.44. The number of aliphatic carboxylic acids is 1. The van der Waals surface area contributed by atoms with Crippen LogP contribution in [0.3, 0.4) is 0 Å². The van der Waals surface area contributed by atoms with Gasteiger partial charge in [-0.15, -0.1) is 0 Å². The highest BCUT2D eigenvalue weighted by molar-refractivity contribution is 6.30. The van der Waals surface area contributed by atoms with Gasteiger partial charge in [0.15, 0.2) is 0 Å². The van der Waals surface area contributed by atoms with Crippen molar-refractivity contribution >= 4 is 29.2 Å².